The molecule has 1 aliphatic rings. The fraction of sp³-hybridized carbons (Fsp3) is 0.240. The van der Waals surface area contributed by atoms with E-state index in [-0.39, 0.29) is 0 Å². The highest BCUT2D eigenvalue weighted by molar-refractivity contribution is 7.20. The monoisotopic (exact) mass is 442 g/mol. The van der Waals surface area contributed by atoms with E-state index in [0.29, 0.717) is 0 Å². The van der Waals surface area contributed by atoms with Gasteiger partial charge in [-0.1, -0.05) is 6.58 Å². The summed E-state index contributed by atoms with van der Waals surface area (Å²) in [6, 6.07) is 10.4. The molecule has 0 atom stereocenters. The number of thiophene rings is 1. The van der Waals surface area contributed by atoms with E-state index in [1.807, 2.05) is 43.8 Å². The molecule has 1 aliphatic heterocycles. The topological polar surface area (TPSA) is 57.2 Å². The van der Waals surface area contributed by atoms with Crippen LogP contribution in [0.1, 0.15) is 16.1 Å². The smallest absolute Gasteiger partial charge is 0.130 e. The molecule has 7 heteroatoms. The molecule has 0 amide bonds. The van der Waals surface area contributed by atoms with E-state index in [4.69, 9.17) is 0 Å². The predicted octanol–water partition coefficient (Wildman–Crippen LogP) is 4.95. The fourth-order valence-electron chi connectivity index (χ4n) is 3.94. The minimum Gasteiger partial charge on any atom is -0.354 e. The largest absolute Gasteiger partial charge is 0.354 e. The minimum absolute atomic E-state index is 0.935. The molecule has 1 N–H and O–H groups in total. The quantitative estimate of drug-likeness (QED) is 0.472. The van der Waals surface area contributed by atoms with E-state index in [1.165, 1.54) is 5.39 Å². The molecule has 32 heavy (non-hydrogen) atoms. The number of anilines is 3. The Morgan fingerprint density at radius 3 is 2.66 bits per heavy atom. The highest BCUT2D eigenvalue weighted by atomic mass is 32.1. The van der Waals surface area contributed by atoms with Gasteiger partial charge in [0.25, 0.3) is 0 Å². The van der Waals surface area contributed by atoms with Crippen LogP contribution in [0.15, 0.2) is 61.7 Å². The van der Waals surface area contributed by atoms with Crippen molar-refractivity contribution in [2.75, 3.05) is 43.4 Å². The first-order valence-corrected chi connectivity index (χ1v) is 11.5. The first kappa shape index (κ1) is 20.6. The molecule has 0 saturated carbocycles. The van der Waals surface area contributed by atoms with E-state index in [1.54, 1.807) is 11.3 Å². The number of fused-ring (bicyclic) bond motifs is 1. The standard InChI is InChI=1S/C25H26N6S/c1-17(23-12-19-4-6-26-16-24(19)32-23)22-13-21(15-28-18(22)2)29-20-5-7-27-25(14-20)31-10-8-30(3)9-11-31/h4-7,12-16H,1,8-11H2,2-3H3,(H,27,29). The molecule has 0 radical (unpaired) electrons. The summed E-state index contributed by atoms with van der Waals surface area (Å²) < 4.78 is 1.16. The first-order chi connectivity index (χ1) is 15.6. The minimum atomic E-state index is 0.935. The second-order valence-corrected chi connectivity index (χ2v) is 9.26. The number of aromatic nitrogens is 3. The lowest BCUT2D eigenvalue weighted by Crippen LogP contribution is -2.44. The van der Waals surface area contributed by atoms with Gasteiger partial charge < -0.3 is 15.1 Å². The molecular formula is C25H26N6S. The normalized spacial score (nSPS) is 14.6. The average molecular weight is 443 g/mol. The van der Waals surface area contributed by atoms with E-state index in [9.17, 15) is 0 Å². The lowest BCUT2D eigenvalue weighted by Gasteiger charge is -2.33. The summed E-state index contributed by atoms with van der Waals surface area (Å²) in [5.74, 6) is 1.01. The third-order valence-corrected chi connectivity index (χ3v) is 7.04. The van der Waals surface area contributed by atoms with Crippen molar-refractivity contribution in [1.29, 1.82) is 0 Å². The van der Waals surface area contributed by atoms with Crippen molar-refractivity contribution in [1.82, 2.24) is 19.9 Å². The van der Waals surface area contributed by atoms with Crippen LogP contribution in [0.2, 0.25) is 0 Å². The van der Waals surface area contributed by atoms with Gasteiger partial charge in [-0.2, -0.15) is 0 Å². The number of piperazine rings is 1. The van der Waals surface area contributed by atoms with Crippen molar-refractivity contribution in [3.8, 4) is 0 Å². The van der Waals surface area contributed by atoms with E-state index >= 15 is 0 Å². The maximum Gasteiger partial charge on any atom is 0.130 e. The van der Waals surface area contributed by atoms with Gasteiger partial charge in [0.1, 0.15) is 5.82 Å². The number of pyridine rings is 3. The van der Waals surface area contributed by atoms with Gasteiger partial charge in [-0.3, -0.25) is 9.97 Å². The van der Waals surface area contributed by atoms with Gasteiger partial charge in [0.15, 0.2) is 0 Å². The van der Waals surface area contributed by atoms with E-state index in [2.05, 4.69) is 61.9 Å². The highest BCUT2D eigenvalue weighted by Crippen LogP contribution is 2.34. The Hall–Kier alpha value is -3.29. The molecule has 0 aliphatic carbocycles. The van der Waals surface area contributed by atoms with Gasteiger partial charge >= 0.3 is 0 Å². The van der Waals surface area contributed by atoms with Crippen LogP contribution >= 0.6 is 11.3 Å². The summed E-state index contributed by atoms with van der Waals surface area (Å²) in [4.78, 5) is 19.3. The Bertz CT molecular complexity index is 1240. The van der Waals surface area contributed by atoms with Gasteiger partial charge in [-0.25, -0.2) is 4.98 Å². The summed E-state index contributed by atoms with van der Waals surface area (Å²) in [6.07, 6.45) is 7.46. The molecule has 1 fully saturated rings. The van der Waals surface area contributed by atoms with Crippen LogP contribution < -0.4 is 10.2 Å². The van der Waals surface area contributed by atoms with Crippen molar-refractivity contribution in [2.45, 2.75) is 6.92 Å². The van der Waals surface area contributed by atoms with Gasteiger partial charge in [0, 0.05) is 72.7 Å². The molecule has 0 aromatic carbocycles. The summed E-state index contributed by atoms with van der Waals surface area (Å²) >= 11 is 1.71. The Kier molecular flexibility index (Phi) is 5.59. The summed E-state index contributed by atoms with van der Waals surface area (Å²) in [5, 5.41) is 4.69. The second-order valence-electron chi connectivity index (χ2n) is 8.18. The Morgan fingerprint density at radius 1 is 1.00 bits per heavy atom. The Labute approximate surface area is 192 Å². The number of hydrogen-bond donors (Lipinski definition) is 1. The molecule has 0 unspecified atom stereocenters. The number of likely N-dealkylation sites (N-methyl/N-ethyl adjacent to an activating group) is 1. The molecule has 162 valence electrons. The van der Waals surface area contributed by atoms with Crippen molar-refractivity contribution >= 4 is 44.2 Å². The predicted molar refractivity (Wildman–Crippen MR) is 134 cm³/mol. The molecule has 5 rings (SSSR count). The Morgan fingerprint density at radius 2 is 1.84 bits per heavy atom. The summed E-state index contributed by atoms with van der Waals surface area (Å²) in [6.45, 7) is 10.5. The lowest BCUT2D eigenvalue weighted by molar-refractivity contribution is 0.312. The van der Waals surface area contributed by atoms with Crippen molar-refractivity contribution in [3.63, 3.8) is 0 Å². The Balaban J connectivity index is 1.38. The van der Waals surface area contributed by atoms with Crippen LogP contribution in [-0.2, 0) is 0 Å². The summed E-state index contributed by atoms with van der Waals surface area (Å²) in [7, 11) is 2.16. The molecule has 0 bridgehead atoms. The fourth-order valence-corrected chi connectivity index (χ4v) is 4.96. The van der Waals surface area contributed by atoms with E-state index in [0.717, 1.165) is 69.8 Å². The van der Waals surface area contributed by atoms with Crippen LogP contribution in [0.5, 0.6) is 0 Å². The number of nitrogens with zero attached hydrogens (tertiary/aromatic N) is 5. The molecule has 1 saturated heterocycles. The summed E-state index contributed by atoms with van der Waals surface area (Å²) in [5.41, 5.74) is 4.92. The molecule has 4 aromatic heterocycles. The van der Waals surface area contributed by atoms with Crippen LogP contribution in [0.3, 0.4) is 0 Å². The average Bonchev–Trinajstić information content (AvgIpc) is 3.25. The first-order valence-electron chi connectivity index (χ1n) is 10.7. The zero-order valence-electron chi connectivity index (χ0n) is 18.4. The van der Waals surface area contributed by atoms with Crippen LogP contribution in [-0.4, -0.2) is 53.1 Å². The van der Waals surface area contributed by atoms with Gasteiger partial charge in [0.2, 0.25) is 0 Å². The molecular weight excluding hydrogens is 416 g/mol. The van der Waals surface area contributed by atoms with E-state index < -0.39 is 0 Å². The molecule has 6 nitrogen and oxygen atoms in total. The lowest BCUT2D eigenvalue weighted by atomic mass is 10.0. The number of nitrogens with one attached hydrogen (secondary N) is 1. The van der Waals surface area contributed by atoms with Gasteiger partial charge in [0.05, 0.1) is 16.6 Å². The maximum atomic E-state index is 4.63. The molecule has 5 heterocycles. The van der Waals surface area contributed by atoms with Crippen molar-refractivity contribution < 1.29 is 0 Å². The SMILES string of the molecule is C=C(c1cc2ccncc2s1)c1cc(Nc2ccnc(N3CCN(C)CC3)c2)cnc1C. The third kappa shape index (κ3) is 4.22. The van der Waals surface area contributed by atoms with Gasteiger partial charge in [-0.15, -0.1) is 11.3 Å². The second kappa shape index (κ2) is 8.68. The number of aryl methyl sites for hydroxylation is 1. The third-order valence-electron chi connectivity index (χ3n) is 5.89. The van der Waals surface area contributed by atoms with Gasteiger partial charge in [-0.05, 0) is 49.2 Å². The zero-order chi connectivity index (χ0) is 22.1. The number of rotatable bonds is 5. The number of hydrogen-bond acceptors (Lipinski definition) is 7. The van der Waals surface area contributed by atoms with Crippen LogP contribution in [0, 0.1) is 6.92 Å². The van der Waals surface area contributed by atoms with Crippen molar-refractivity contribution in [2.24, 2.45) is 0 Å². The molecule has 0 spiro atoms. The zero-order valence-corrected chi connectivity index (χ0v) is 19.2. The van der Waals surface area contributed by atoms with Crippen molar-refractivity contribution in [3.05, 3.63) is 77.8 Å². The maximum absolute atomic E-state index is 4.63. The van der Waals surface area contributed by atoms with Crippen LogP contribution in [0.4, 0.5) is 17.2 Å². The van der Waals surface area contributed by atoms with Crippen LogP contribution in [0.25, 0.3) is 15.7 Å². The molecule has 4 aromatic rings. The highest BCUT2D eigenvalue weighted by Gasteiger charge is 2.16.